The number of aromatic nitrogens is 2. The number of H-pyrrole nitrogens is 1. The fraction of sp³-hybridized carbons (Fsp3) is 0.458. The van der Waals surface area contributed by atoms with Gasteiger partial charge in [0.1, 0.15) is 5.82 Å². The average molecular weight is 459 g/mol. The number of methoxy groups -OCH3 is 2. The van der Waals surface area contributed by atoms with E-state index in [0.29, 0.717) is 42.9 Å². The molecule has 0 aliphatic heterocycles. The molecule has 0 atom stereocenters. The predicted octanol–water partition coefficient (Wildman–Crippen LogP) is 3.11. The van der Waals surface area contributed by atoms with Gasteiger partial charge in [0.2, 0.25) is 0 Å². The van der Waals surface area contributed by atoms with Crippen molar-refractivity contribution in [2.75, 3.05) is 31.4 Å². The van der Waals surface area contributed by atoms with Gasteiger partial charge in [-0.05, 0) is 31.4 Å². The molecular formula is C24H34N4O5. The maximum Gasteiger partial charge on any atom is 0.330 e. The standard InChI is InChI=1S/C24H34N4O5/c1-6-9-12-27(19-21(25)28(13-10-7-2)24(31)26-22(19)29)23(30)17-14-16(11-8-3)20(33-5)18(15-17)32-4/h8,14-15H,3,6-7,9-13,25H2,1-2,4-5H3,(H,26,29,31). The summed E-state index contributed by atoms with van der Waals surface area (Å²) >= 11 is 0. The van der Waals surface area contributed by atoms with E-state index < -0.39 is 17.2 Å². The SMILES string of the molecule is C=CCc1cc(C(=O)N(CCCC)c2c(N)n(CCCC)c(=O)[nH]c2=O)cc(OC)c1OC. The fourth-order valence-electron chi connectivity index (χ4n) is 3.64. The number of allylic oxidation sites excluding steroid dienone is 1. The van der Waals surface area contributed by atoms with Gasteiger partial charge in [-0.15, -0.1) is 6.58 Å². The zero-order chi connectivity index (χ0) is 24.5. The second-order valence-corrected chi connectivity index (χ2v) is 7.67. The van der Waals surface area contributed by atoms with Crippen LogP contribution in [0, 0.1) is 0 Å². The first-order chi connectivity index (χ1) is 15.8. The van der Waals surface area contributed by atoms with Crippen molar-refractivity contribution in [2.45, 2.75) is 52.5 Å². The lowest BCUT2D eigenvalue weighted by Crippen LogP contribution is -2.41. The predicted molar refractivity (Wildman–Crippen MR) is 131 cm³/mol. The molecule has 1 aromatic carbocycles. The second kappa shape index (κ2) is 11.9. The number of hydrogen-bond donors (Lipinski definition) is 2. The number of nitrogens with zero attached hydrogens (tertiary/aromatic N) is 2. The smallest absolute Gasteiger partial charge is 0.330 e. The summed E-state index contributed by atoms with van der Waals surface area (Å²) in [7, 11) is 3.02. The molecule has 1 heterocycles. The first kappa shape index (κ1) is 25.8. The van der Waals surface area contributed by atoms with Crippen LogP contribution in [-0.4, -0.2) is 36.2 Å². The van der Waals surface area contributed by atoms with E-state index in [9.17, 15) is 14.4 Å². The van der Waals surface area contributed by atoms with E-state index in [0.717, 1.165) is 18.4 Å². The van der Waals surface area contributed by atoms with E-state index in [2.05, 4.69) is 11.6 Å². The number of benzene rings is 1. The van der Waals surface area contributed by atoms with Gasteiger partial charge in [-0.2, -0.15) is 0 Å². The van der Waals surface area contributed by atoms with Crippen molar-refractivity contribution in [1.29, 1.82) is 0 Å². The molecule has 9 nitrogen and oxygen atoms in total. The van der Waals surface area contributed by atoms with Gasteiger partial charge >= 0.3 is 5.69 Å². The van der Waals surface area contributed by atoms with Gasteiger partial charge in [-0.3, -0.25) is 19.1 Å². The minimum Gasteiger partial charge on any atom is -0.493 e. The van der Waals surface area contributed by atoms with Gasteiger partial charge < -0.3 is 20.1 Å². The Morgan fingerprint density at radius 1 is 1.18 bits per heavy atom. The number of carbonyl (C=O) groups is 1. The molecule has 0 saturated heterocycles. The van der Waals surface area contributed by atoms with Gasteiger partial charge in [-0.1, -0.05) is 32.8 Å². The molecule has 180 valence electrons. The molecule has 2 rings (SSSR count). The van der Waals surface area contributed by atoms with Crippen LogP contribution >= 0.6 is 0 Å². The van der Waals surface area contributed by atoms with E-state index in [1.807, 2.05) is 13.8 Å². The van der Waals surface area contributed by atoms with Crippen molar-refractivity contribution in [1.82, 2.24) is 9.55 Å². The highest BCUT2D eigenvalue weighted by Crippen LogP contribution is 2.34. The lowest BCUT2D eigenvalue weighted by molar-refractivity contribution is 0.0985. The Labute approximate surface area is 193 Å². The van der Waals surface area contributed by atoms with Gasteiger partial charge in [-0.25, -0.2) is 4.79 Å². The van der Waals surface area contributed by atoms with Gasteiger partial charge in [0, 0.05) is 24.2 Å². The molecule has 0 radical (unpaired) electrons. The molecule has 9 heteroatoms. The Morgan fingerprint density at radius 2 is 1.88 bits per heavy atom. The number of rotatable bonds is 12. The van der Waals surface area contributed by atoms with Crippen LogP contribution in [0.2, 0.25) is 0 Å². The molecule has 0 bridgehead atoms. The number of aromatic amines is 1. The Kier molecular flexibility index (Phi) is 9.32. The summed E-state index contributed by atoms with van der Waals surface area (Å²) in [6.45, 7) is 8.35. The molecular weight excluding hydrogens is 424 g/mol. The maximum absolute atomic E-state index is 13.7. The maximum atomic E-state index is 13.7. The molecule has 33 heavy (non-hydrogen) atoms. The third-order valence-corrected chi connectivity index (χ3v) is 5.37. The average Bonchev–Trinajstić information content (AvgIpc) is 2.80. The Morgan fingerprint density at radius 3 is 2.45 bits per heavy atom. The number of ether oxygens (including phenoxy) is 2. The van der Waals surface area contributed by atoms with Crippen LogP contribution in [0.15, 0.2) is 34.4 Å². The van der Waals surface area contributed by atoms with E-state index in [1.54, 1.807) is 18.2 Å². The number of amides is 1. The van der Waals surface area contributed by atoms with Crippen LogP contribution in [0.4, 0.5) is 11.5 Å². The van der Waals surface area contributed by atoms with E-state index in [4.69, 9.17) is 15.2 Å². The summed E-state index contributed by atoms with van der Waals surface area (Å²) in [6, 6.07) is 3.27. The topological polar surface area (TPSA) is 120 Å². The van der Waals surface area contributed by atoms with E-state index in [-0.39, 0.29) is 18.1 Å². The monoisotopic (exact) mass is 458 g/mol. The number of nitrogens with one attached hydrogen (secondary N) is 1. The molecule has 0 fully saturated rings. The van der Waals surface area contributed by atoms with Crippen molar-refractivity contribution in [3.05, 3.63) is 56.8 Å². The van der Waals surface area contributed by atoms with Crippen molar-refractivity contribution in [3.8, 4) is 11.5 Å². The number of nitrogens with two attached hydrogens (primary N) is 1. The minimum absolute atomic E-state index is 0.0200. The summed E-state index contributed by atoms with van der Waals surface area (Å²) in [4.78, 5) is 42.5. The van der Waals surface area contributed by atoms with E-state index in [1.165, 1.54) is 23.7 Å². The molecule has 2 aromatic rings. The number of carbonyl (C=O) groups excluding carboxylic acids is 1. The van der Waals surface area contributed by atoms with Crippen LogP contribution in [0.3, 0.4) is 0 Å². The largest absolute Gasteiger partial charge is 0.493 e. The lowest BCUT2D eigenvalue weighted by atomic mass is 10.0. The molecule has 1 aromatic heterocycles. The Hall–Kier alpha value is -3.49. The molecule has 0 aliphatic rings. The summed E-state index contributed by atoms with van der Waals surface area (Å²) < 4.78 is 12.2. The molecule has 1 amide bonds. The van der Waals surface area contributed by atoms with Crippen molar-refractivity contribution >= 4 is 17.4 Å². The molecule has 0 spiro atoms. The first-order valence-electron chi connectivity index (χ1n) is 11.1. The molecule has 3 N–H and O–H groups in total. The van der Waals surface area contributed by atoms with Gasteiger partial charge in [0.15, 0.2) is 17.2 Å². The van der Waals surface area contributed by atoms with Crippen molar-refractivity contribution in [2.24, 2.45) is 0 Å². The highest BCUT2D eigenvalue weighted by Gasteiger charge is 2.26. The number of hydrogen-bond acceptors (Lipinski definition) is 6. The molecule has 0 unspecified atom stereocenters. The fourth-order valence-corrected chi connectivity index (χ4v) is 3.64. The Balaban J connectivity index is 2.69. The lowest BCUT2D eigenvalue weighted by Gasteiger charge is -2.25. The van der Waals surface area contributed by atoms with Crippen molar-refractivity contribution in [3.63, 3.8) is 0 Å². The number of unbranched alkanes of at least 4 members (excludes halogenated alkanes) is 2. The quantitative estimate of drug-likeness (QED) is 0.472. The zero-order valence-electron chi connectivity index (χ0n) is 19.9. The third kappa shape index (κ3) is 5.66. The van der Waals surface area contributed by atoms with Gasteiger partial charge in [0.05, 0.1) is 14.2 Å². The van der Waals surface area contributed by atoms with Crippen LogP contribution in [0.1, 0.15) is 55.5 Å². The second-order valence-electron chi connectivity index (χ2n) is 7.67. The third-order valence-electron chi connectivity index (χ3n) is 5.37. The summed E-state index contributed by atoms with van der Waals surface area (Å²) in [5.41, 5.74) is 6.02. The summed E-state index contributed by atoms with van der Waals surface area (Å²) in [6.07, 6.45) is 5.15. The van der Waals surface area contributed by atoms with Crippen LogP contribution in [0.5, 0.6) is 11.5 Å². The first-order valence-corrected chi connectivity index (χ1v) is 11.1. The van der Waals surface area contributed by atoms with E-state index >= 15 is 0 Å². The summed E-state index contributed by atoms with van der Waals surface area (Å²) in [5, 5.41) is 0. The highest BCUT2D eigenvalue weighted by atomic mass is 16.5. The number of nitrogen functional groups attached to an aromatic ring is 1. The number of anilines is 2. The normalized spacial score (nSPS) is 10.7. The van der Waals surface area contributed by atoms with Crippen LogP contribution in [0.25, 0.3) is 0 Å². The minimum atomic E-state index is -0.693. The van der Waals surface area contributed by atoms with Crippen LogP contribution < -0.4 is 31.4 Å². The van der Waals surface area contributed by atoms with Gasteiger partial charge in [0.25, 0.3) is 11.5 Å². The molecule has 0 saturated carbocycles. The highest BCUT2D eigenvalue weighted by molar-refractivity contribution is 6.07. The summed E-state index contributed by atoms with van der Waals surface area (Å²) in [5.74, 6) is 0.464. The van der Waals surface area contributed by atoms with Crippen molar-refractivity contribution < 1.29 is 14.3 Å². The van der Waals surface area contributed by atoms with Crippen LogP contribution in [-0.2, 0) is 13.0 Å². The molecule has 0 aliphatic carbocycles. The Bertz CT molecular complexity index is 1100. The zero-order valence-corrected chi connectivity index (χ0v) is 19.9.